The van der Waals surface area contributed by atoms with E-state index in [9.17, 15) is 0 Å². The highest BCUT2D eigenvalue weighted by molar-refractivity contribution is 5.25. The van der Waals surface area contributed by atoms with E-state index in [1.807, 2.05) is 6.08 Å². The summed E-state index contributed by atoms with van der Waals surface area (Å²) in [6, 6.07) is 9.45. The van der Waals surface area contributed by atoms with E-state index < -0.39 is 0 Å². The van der Waals surface area contributed by atoms with Crippen molar-refractivity contribution >= 4 is 0 Å². The van der Waals surface area contributed by atoms with Gasteiger partial charge in [-0.2, -0.15) is 0 Å². The Bertz CT molecular complexity index is 520. The molecular formula is C24H34. The molecule has 1 aromatic carbocycles. The van der Waals surface area contributed by atoms with Crippen molar-refractivity contribution in [3.05, 3.63) is 60.2 Å². The second-order valence-corrected chi connectivity index (χ2v) is 8.00. The number of rotatable bonds is 5. The summed E-state index contributed by atoms with van der Waals surface area (Å²) in [7, 11) is 0. The molecule has 0 aromatic heterocycles. The molecule has 0 nitrogen and oxygen atoms in total. The lowest BCUT2D eigenvalue weighted by molar-refractivity contribution is 0.171. The van der Waals surface area contributed by atoms with E-state index in [1.165, 1.54) is 56.9 Å². The molecule has 1 aromatic rings. The summed E-state index contributed by atoms with van der Waals surface area (Å²) < 4.78 is 0. The number of benzene rings is 1. The molecule has 0 heterocycles. The van der Waals surface area contributed by atoms with Gasteiger partial charge >= 0.3 is 0 Å². The third-order valence-electron chi connectivity index (χ3n) is 6.63. The quantitative estimate of drug-likeness (QED) is 0.508. The van der Waals surface area contributed by atoms with Crippen molar-refractivity contribution in [3.63, 3.8) is 0 Å². The maximum atomic E-state index is 3.79. The largest absolute Gasteiger partial charge is 0.0991 e. The maximum Gasteiger partial charge on any atom is -0.0162 e. The van der Waals surface area contributed by atoms with Crippen LogP contribution in [-0.2, 0) is 6.42 Å². The van der Waals surface area contributed by atoms with Crippen LogP contribution in [-0.4, -0.2) is 0 Å². The molecule has 2 aliphatic carbocycles. The van der Waals surface area contributed by atoms with Crippen LogP contribution in [0.5, 0.6) is 0 Å². The number of hydrogen-bond acceptors (Lipinski definition) is 0. The van der Waals surface area contributed by atoms with E-state index in [4.69, 9.17) is 0 Å². The molecule has 0 saturated heterocycles. The van der Waals surface area contributed by atoms with Gasteiger partial charge < -0.3 is 0 Å². The Hall–Kier alpha value is -1.30. The molecule has 0 radical (unpaired) electrons. The Morgan fingerprint density at radius 1 is 0.875 bits per heavy atom. The van der Waals surface area contributed by atoms with Crippen molar-refractivity contribution in [2.75, 3.05) is 0 Å². The summed E-state index contributed by atoms with van der Waals surface area (Å²) in [5.74, 6) is 3.63. The first kappa shape index (κ1) is 17.5. The average molecular weight is 323 g/mol. The fourth-order valence-corrected chi connectivity index (χ4v) is 4.99. The molecular weight excluding hydrogens is 288 g/mol. The number of allylic oxidation sites excluding steroid dienone is 3. The minimum atomic E-state index is 0.813. The highest BCUT2D eigenvalue weighted by Gasteiger charge is 2.30. The van der Waals surface area contributed by atoms with Gasteiger partial charge in [-0.15, -0.1) is 0 Å². The Morgan fingerprint density at radius 2 is 1.46 bits per heavy atom. The summed E-state index contributed by atoms with van der Waals surface area (Å²) >= 11 is 0. The van der Waals surface area contributed by atoms with Crippen LogP contribution >= 0.6 is 0 Å². The predicted molar refractivity (Wildman–Crippen MR) is 105 cm³/mol. The molecule has 0 spiro atoms. The Labute approximate surface area is 149 Å². The molecule has 0 bridgehead atoms. The zero-order valence-corrected chi connectivity index (χ0v) is 15.4. The van der Waals surface area contributed by atoms with Crippen LogP contribution in [0.3, 0.4) is 0 Å². The van der Waals surface area contributed by atoms with Crippen LogP contribution in [0.1, 0.15) is 75.3 Å². The molecule has 0 N–H and O–H groups in total. The van der Waals surface area contributed by atoms with Crippen LogP contribution in [0.25, 0.3) is 0 Å². The van der Waals surface area contributed by atoms with E-state index in [2.05, 4.69) is 49.9 Å². The van der Waals surface area contributed by atoms with Gasteiger partial charge in [0.15, 0.2) is 0 Å². The summed E-state index contributed by atoms with van der Waals surface area (Å²) in [4.78, 5) is 0. The van der Waals surface area contributed by atoms with Crippen molar-refractivity contribution in [1.82, 2.24) is 0 Å². The van der Waals surface area contributed by atoms with Crippen molar-refractivity contribution < 1.29 is 0 Å². The fourth-order valence-electron chi connectivity index (χ4n) is 4.99. The molecule has 0 heteroatoms. The average Bonchev–Trinajstić information content (AvgIpc) is 2.67. The Balaban J connectivity index is 1.47. The van der Waals surface area contributed by atoms with Gasteiger partial charge in [0.25, 0.3) is 0 Å². The maximum absolute atomic E-state index is 3.79. The van der Waals surface area contributed by atoms with Gasteiger partial charge in [0.1, 0.15) is 0 Å². The summed E-state index contributed by atoms with van der Waals surface area (Å²) in [6.07, 6.45) is 19.0. The van der Waals surface area contributed by atoms with Crippen molar-refractivity contribution in [2.24, 2.45) is 17.8 Å². The number of hydrogen-bond donors (Lipinski definition) is 0. The molecule has 3 rings (SSSR count). The highest BCUT2D eigenvalue weighted by Crippen LogP contribution is 2.44. The van der Waals surface area contributed by atoms with Gasteiger partial charge in [-0.25, -0.2) is 0 Å². The summed E-state index contributed by atoms with van der Waals surface area (Å²) in [6.45, 7) is 6.03. The van der Waals surface area contributed by atoms with Crippen LogP contribution in [0.2, 0.25) is 0 Å². The topological polar surface area (TPSA) is 0 Å². The zero-order chi connectivity index (χ0) is 16.8. The van der Waals surface area contributed by atoms with Crippen molar-refractivity contribution in [2.45, 2.75) is 70.6 Å². The van der Waals surface area contributed by atoms with Crippen LogP contribution in [0, 0.1) is 17.8 Å². The Kier molecular flexibility index (Phi) is 6.35. The van der Waals surface area contributed by atoms with E-state index in [1.54, 1.807) is 5.56 Å². The van der Waals surface area contributed by atoms with E-state index in [0.717, 1.165) is 30.1 Å². The second kappa shape index (κ2) is 8.70. The van der Waals surface area contributed by atoms with E-state index in [0.29, 0.717) is 0 Å². The van der Waals surface area contributed by atoms with Gasteiger partial charge in [-0.05, 0) is 92.6 Å². The molecule has 0 atom stereocenters. The first-order valence-electron chi connectivity index (χ1n) is 10.2. The van der Waals surface area contributed by atoms with Crippen LogP contribution in [0.4, 0.5) is 0 Å². The van der Waals surface area contributed by atoms with Crippen LogP contribution < -0.4 is 0 Å². The lowest BCUT2D eigenvalue weighted by Gasteiger charge is -2.37. The molecule has 0 unspecified atom stereocenters. The normalized spacial score (nSPS) is 31.2. The lowest BCUT2D eigenvalue weighted by Crippen LogP contribution is -2.25. The SMILES string of the molecule is C=C/C=C/C1CCC(C2CCC(c3ccc(CC)cc3)CC2)CC1. The van der Waals surface area contributed by atoms with Gasteiger partial charge in [-0.1, -0.05) is 56.0 Å². The predicted octanol–water partition coefficient (Wildman–Crippen LogP) is 7.07. The van der Waals surface area contributed by atoms with E-state index >= 15 is 0 Å². The molecule has 2 saturated carbocycles. The van der Waals surface area contributed by atoms with Crippen molar-refractivity contribution in [3.8, 4) is 0 Å². The smallest absolute Gasteiger partial charge is 0.0162 e. The van der Waals surface area contributed by atoms with Crippen molar-refractivity contribution in [1.29, 1.82) is 0 Å². The monoisotopic (exact) mass is 322 g/mol. The molecule has 2 aliphatic rings. The minimum absolute atomic E-state index is 0.813. The van der Waals surface area contributed by atoms with Gasteiger partial charge in [-0.3, -0.25) is 0 Å². The van der Waals surface area contributed by atoms with Crippen LogP contribution in [0.15, 0.2) is 49.1 Å². The molecule has 2 fully saturated rings. The number of aryl methyl sites for hydroxylation is 1. The third kappa shape index (κ3) is 4.41. The van der Waals surface area contributed by atoms with E-state index in [-0.39, 0.29) is 0 Å². The van der Waals surface area contributed by atoms with Gasteiger partial charge in [0.2, 0.25) is 0 Å². The van der Waals surface area contributed by atoms with Gasteiger partial charge in [0, 0.05) is 0 Å². The molecule has 0 amide bonds. The van der Waals surface area contributed by atoms with Gasteiger partial charge in [0.05, 0.1) is 0 Å². The first-order valence-corrected chi connectivity index (χ1v) is 10.2. The fraction of sp³-hybridized carbons (Fsp3) is 0.583. The summed E-state index contributed by atoms with van der Waals surface area (Å²) in [5, 5.41) is 0. The second-order valence-electron chi connectivity index (χ2n) is 8.00. The molecule has 0 aliphatic heterocycles. The third-order valence-corrected chi connectivity index (χ3v) is 6.63. The molecule has 24 heavy (non-hydrogen) atoms. The Morgan fingerprint density at radius 3 is 2.00 bits per heavy atom. The first-order chi connectivity index (χ1) is 11.8. The lowest BCUT2D eigenvalue weighted by atomic mass is 9.68. The highest BCUT2D eigenvalue weighted by atomic mass is 14.4. The standard InChI is InChI=1S/C24H34/c1-3-5-6-20-9-13-22(14-10-20)24-17-15-23(16-18-24)21-11-7-19(4-2)8-12-21/h3,5-8,11-12,20,22-24H,1,4,9-10,13-18H2,2H3/b6-5+. The zero-order valence-electron chi connectivity index (χ0n) is 15.4. The molecule has 130 valence electrons. The minimum Gasteiger partial charge on any atom is -0.0991 e. The summed E-state index contributed by atoms with van der Waals surface area (Å²) in [5.41, 5.74) is 3.05.